The summed E-state index contributed by atoms with van der Waals surface area (Å²) in [5.41, 5.74) is 6.09. The van der Waals surface area contributed by atoms with Gasteiger partial charge >= 0.3 is 0 Å². The first kappa shape index (κ1) is 11.5. The van der Waals surface area contributed by atoms with E-state index in [1.54, 1.807) is 6.92 Å². The van der Waals surface area contributed by atoms with Gasteiger partial charge in [-0.3, -0.25) is 9.78 Å². The van der Waals surface area contributed by atoms with E-state index in [-0.39, 0.29) is 5.69 Å². The van der Waals surface area contributed by atoms with Gasteiger partial charge in [-0.1, -0.05) is 11.3 Å². The number of anilines is 2. The molecule has 0 atom stereocenters. The topological polar surface area (TPSA) is 80.9 Å². The molecule has 5 nitrogen and oxygen atoms in total. The van der Waals surface area contributed by atoms with Gasteiger partial charge in [0.2, 0.25) is 0 Å². The highest BCUT2D eigenvalue weighted by atomic mass is 32.1. The van der Waals surface area contributed by atoms with E-state index in [4.69, 9.17) is 5.73 Å². The van der Waals surface area contributed by atoms with Crippen molar-refractivity contribution in [3.8, 4) is 0 Å². The lowest BCUT2D eigenvalue weighted by Crippen LogP contribution is -2.12. The fraction of sp³-hybridized carbons (Fsp3) is 0.100. The molecule has 0 unspecified atom stereocenters. The van der Waals surface area contributed by atoms with E-state index < -0.39 is 11.7 Å². The Labute approximate surface area is 101 Å². The highest BCUT2D eigenvalue weighted by molar-refractivity contribution is 7.17. The second kappa shape index (κ2) is 4.46. The number of carbonyl (C=O) groups is 1. The second-order valence-electron chi connectivity index (χ2n) is 3.28. The first-order chi connectivity index (χ1) is 8.08. The second-order valence-corrected chi connectivity index (χ2v) is 4.31. The first-order valence-electron chi connectivity index (χ1n) is 4.71. The number of nitrogens with two attached hydrogens (primary N) is 1. The monoisotopic (exact) mass is 252 g/mol. The number of aromatic nitrogens is 2. The molecule has 2 rings (SSSR count). The predicted octanol–water partition coefficient (Wildman–Crippen LogP) is 1.82. The summed E-state index contributed by atoms with van der Waals surface area (Å²) < 4.78 is 13.3. The van der Waals surface area contributed by atoms with Crippen LogP contribution in [0.2, 0.25) is 0 Å². The van der Waals surface area contributed by atoms with Crippen molar-refractivity contribution in [2.45, 2.75) is 6.92 Å². The molecule has 0 aliphatic rings. The smallest absolute Gasteiger partial charge is 0.267 e. The van der Waals surface area contributed by atoms with Crippen molar-refractivity contribution in [2.24, 2.45) is 0 Å². The molecular weight excluding hydrogens is 243 g/mol. The van der Waals surface area contributed by atoms with Crippen LogP contribution in [0.3, 0.4) is 0 Å². The van der Waals surface area contributed by atoms with Crippen LogP contribution in [-0.4, -0.2) is 15.9 Å². The molecule has 0 radical (unpaired) electrons. The maximum absolute atomic E-state index is 13.3. The molecule has 2 aromatic rings. The third-order valence-corrected chi connectivity index (χ3v) is 3.03. The zero-order chi connectivity index (χ0) is 12.4. The molecule has 17 heavy (non-hydrogen) atoms. The average molecular weight is 252 g/mol. The SMILES string of the molecule is Cc1nc(N)sc1C(=O)Nc1ccncc1F. The van der Waals surface area contributed by atoms with E-state index in [2.05, 4.69) is 15.3 Å². The Kier molecular flexibility index (Phi) is 3.01. The molecule has 0 fully saturated rings. The van der Waals surface area contributed by atoms with Gasteiger partial charge in [-0.25, -0.2) is 9.37 Å². The first-order valence-corrected chi connectivity index (χ1v) is 5.53. The van der Waals surface area contributed by atoms with Crippen LogP contribution in [0, 0.1) is 12.7 Å². The molecule has 0 spiro atoms. The van der Waals surface area contributed by atoms with Crippen LogP contribution >= 0.6 is 11.3 Å². The number of nitrogens with zero attached hydrogens (tertiary/aromatic N) is 2. The lowest BCUT2D eigenvalue weighted by molar-refractivity contribution is 0.102. The summed E-state index contributed by atoms with van der Waals surface area (Å²) in [5.74, 6) is -1.02. The van der Waals surface area contributed by atoms with Crippen molar-refractivity contribution in [2.75, 3.05) is 11.1 Å². The fourth-order valence-electron chi connectivity index (χ4n) is 1.28. The molecule has 7 heteroatoms. The van der Waals surface area contributed by atoms with Crippen LogP contribution in [0.5, 0.6) is 0 Å². The standard InChI is InChI=1S/C10H9FN4OS/c1-5-8(17-10(12)14-5)9(16)15-7-2-3-13-4-6(7)11/h2-4H,1H3,(H2,12,14)(H,13,15,16). The van der Waals surface area contributed by atoms with E-state index in [0.717, 1.165) is 17.5 Å². The van der Waals surface area contributed by atoms with E-state index in [1.165, 1.54) is 12.3 Å². The van der Waals surface area contributed by atoms with Gasteiger partial charge in [0.05, 0.1) is 17.6 Å². The Bertz CT molecular complexity index is 569. The van der Waals surface area contributed by atoms with Crippen molar-refractivity contribution >= 4 is 28.1 Å². The maximum atomic E-state index is 13.3. The molecule has 0 saturated heterocycles. The van der Waals surface area contributed by atoms with Gasteiger partial charge in [-0.15, -0.1) is 0 Å². The normalized spacial score (nSPS) is 10.2. The minimum atomic E-state index is -0.587. The van der Waals surface area contributed by atoms with Gasteiger partial charge in [0.25, 0.3) is 5.91 Å². The molecule has 88 valence electrons. The summed E-state index contributed by atoms with van der Waals surface area (Å²) in [6.07, 6.45) is 2.43. The molecular formula is C10H9FN4OS. The zero-order valence-electron chi connectivity index (χ0n) is 8.90. The minimum absolute atomic E-state index is 0.0800. The Morgan fingerprint density at radius 1 is 1.59 bits per heavy atom. The third kappa shape index (κ3) is 2.39. The van der Waals surface area contributed by atoms with E-state index in [0.29, 0.717) is 15.7 Å². The quantitative estimate of drug-likeness (QED) is 0.854. The molecule has 0 aromatic carbocycles. The van der Waals surface area contributed by atoms with E-state index >= 15 is 0 Å². The van der Waals surface area contributed by atoms with Crippen molar-refractivity contribution in [3.63, 3.8) is 0 Å². The van der Waals surface area contributed by atoms with Crippen LogP contribution < -0.4 is 11.1 Å². The lowest BCUT2D eigenvalue weighted by atomic mass is 10.3. The highest BCUT2D eigenvalue weighted by Gasteiger charge is 2.15. The number of amides is 1. The predicted molar refractivity (Wildman–Crippen MR) is 63.4 cm³/mol. The summed E-state index contributed by atoms with van der Waals surface area (Å²) in [7, 11) is 0. The molecule has 2 aromatic heterocycles. The zero-order valence-corrected chi connectivity index (χ0v) is 9.71. The van der Waals surface area contributed by atoms with E-state index in [1.807, 2.05) is 0 Å². The molecule has 0 saturated carbocycles. The number of pyridine rings is 1. The number of hydrogen-bond acceptors (Lipinski definition) is 5. The Balaban J connectivity index is 2.23. The highest BCUT2D eigenvalue weighted by Crippen LogP contribution is 2.21. The summed E-state index contributed by atoms with van der Waals surface area (Å²) in [6.45, 7) is 1.67. The largest absolute Gasteiger partial charge is 0.375 e. The Hall–Kier alpha value is -2.02. The number of carbonyl (C=O) groups excluding carboxylic acids is 1. The fourth-order valence-corrected chi connectivity index (χ4v) is 2.01. The average Bonchev–Trinajstić information content (AvgIpc) is 2.61. The molecule has 1 amide bonds. The van der Waals surface area contributed by atoms with Gasteiger partial charge in [0, 0.05) is 6.20 Å². The number of thiazole rings is 1. The molecule has 0 aliphatic carbocycles. The third-order valence-electron chi connectivity index (χ3n) is 2.04. The lowest BCUT2D eigenvalue weighted by Gasteiger charge is -2.04. The van der Waals surface area contributed by atoms with Gasteiger partial charge in [-0.2, -0.15) is 0 Å². The van der Waals surface area contributed by atoms with Crippen LogP contribution in [0.4, 0.5) is 15.2 Å². The van der Waals surface area contributed by atoms with Crippen molar-refractivity contribution < 1.29 is 9.18 Å². The summed E-state index contributed by atoms with van der Waals surface area (Å²) >= 11 is 1.06. The van der Waals surface area contributed by atoms with Crippen LogP contribution in [0.15, 0.2) is 18.5 Å². The minimum Gasteiger partial charge on any atom is -0.375 e. The Morgan fingerprint density at radius 2 is 2.35 bits per heavy atom. The van der Waals surface area contributed by atoms with Crippen LogP contribution in [0.25, 0.3) is 0 Å². The number of nitrogen functional groups attached to an aromatic ring is 1. The maximum Gasteiger partial charge on any atom is 0.267 e. The number of halogens is 1. The number of rotatable bonds is 2. The van der Waals surface area contributed by atoms with Crippen molar-refractivity contribution in [1.29, 1.82) is 0 Å². The van der Waals surface area contributed by atoms with Gasteiger partial charge < -0.3 is 11.1 Å². The summed E-state index contributed by atoms with van der Waals surface area (Å²) in [4.78, 5) is 19.7. The number of aryl methyl sites for hydroxylation is 1. The number of hydrogen-bond donors (Lipinski definition) is 2. The summed E-state index contributed by atoms with van der Waals surface area (Å²) in [6, 6.07) is 1.38. The van der Waals surface area contributed by atoms with Gasteiger partial charge in [0.1, 0.15) is 4.88 Å². The van der Waals surface area contributed by atoms with Gasteiger partial charge in [0.15, 0.2) is 10.9 Å². The van der Waals surface area contributed by atoms with Crippen molar-refractivity contribution in [1.82, 2.24) is 9.97 Å². The van der Waals surface area contributed by atoms with Crippen LogP contribution in [0.1, 0.15) is 15.4 Å². The molecule has 2 heterocycles. The van der Waals surface area contributed by atoms with E-state index in [9.17, 15) is 9.18 Å². The van der Waals surface area contributed by atoms with Crippen LogP contribution in [-0.2, 0) is 0 Å². The molecule has 3 N–H and O–H groups in total. The summed E-state index contributed by atoms with van der Waals surface area (Å²) in [5, 5.41) is 2.75. The Morgan fingerprint density at radius 3 is 2.94 bits per heavy atom. The number of nitrogens with one attached hydrogen (secondary N) is 1. The van der Waals surface area contributed by atoms with Crippen molar-refractivity contribution in [3.05, 3.63) is 34.8 Å². The molecule has 0 aliphatic heterocycles. The molecule has 0 bridgehead atoms. The van der Waals surface area contributed by atoms with Gasteiger partial charge in [-0.05, 0) is 13.0 Å².